The Kier molecular flexibility index (Phi) is 4.90. The summed E-state index contributed by atoms with van der Waals surface area (Å²) in [6, 6.07) is 0. The van der Waals surface area contributed by atoms with Gasteiger partial charge in [0.05, 0.1) is 13.2 Å². The lowest BCUT2D eigenvalue weighted by atomic mass is 10.2. The van der Waals surface area contributed by atoms with E-state index in [1.165, 1.54) is 51.9 Å². The van der Waals surface area contributed by atoms with E-state index in [0.29, 0.717) is 0 Å². The predicted octanol–water partition coefficient (Wildman–Crippen LogP) is 1.19. The summed E-state index contributed by atoms with van der Waals surface area (Å²) >= 11 is 0. The van der Waals surface area contributed by atoms with Crippen molar-refractivity contribution >= 4 is 0 Å². The Hall–Kier alpha value is -0.120. The summed E-state index contributed by atoms with van der Waals surface area (Å²) < 4.78 is 5.34. The maximum absolute atomic E-state index is 5.34. The molecule has 0 radical (unpaired) electrons. The topological polar surface area (TPSA) is 15.7 Å². The minimum absolute atomic E-state index is 0.937. The molecule has 0 aromatic carbocycles. The first-order valence-corrected chi connectivity index (χ1v) is 6.47. The van der Waals surface area contributed by atoms with Crippen LogP contribution in [0.2, 0.25) is 0 Å². The molecule has 3 heteroatoms. The largest absolute Gasteiger partial charge is 0.379 e. The van der Waals surface area contributed by atoms with Crippen LogP contribution in [0, 0.1) is 0 Å². The van der Waals surface area contributed by atoms with Gasteiger partial charge in [0.1, 0.15) is 0 Å². The van der Waals surface area contributed by atoms with Gasteiger partial charge in [0.25, 0.3) is 0 Å². The van der Waals surface area contributed by atoms with Gasteiger partial charge in [-0.15, -0.1) is 0 Å². The molecule has 2 rings (SSSR count). The van der Waals surface area contributed by atoms with Crippen molar-refractivity contribution in [3.05, 3.63) is 0 Å². The maximum Gasteiger partial charge on any atom is 0.0594 e. The van der Waals surface area contributed by atoms with Crippen molar-refractivity contribution in [3.8, 4) is 0 Å². The first-order valence-electron chi connectivity index (χ1n) is 6.47. The van der Waals surface area contributed by atoms with Gasteiger partial charge >= 0.3 is 0 Å². The van der Waals surface area contributed by atoms with Crippen LogP contribution >= 0.6 is 0 Å². The minimum Gasteiger partial charge on any atom is -0.379 e. The molecule has 0 aromatic rings. The number of likely N-dealkylation sites (tertiary alicyclic amines) is 1. The van der Waals surface area contributed by atoms with Crippen LogP contribution in [-0.4, -0.2) is 62.3 Å². The molecular weight excluding hydrogens is 188 g/mol. The molecule has 0 saturated carbocycles. The molecular formula is C12H24N2O. The Bertz CT molecular complexity index is 163. The first kappa shape index (κ1) is 11.4. The summed E-state index contributed by atoms with van der Waals surface area (Å²) in [5, 5.41) is 0. The van der Waals surface area contributed by atoms with Gasteiger partial charge in [-0.2, -0.15) is 0 Å². The van der Waals surface area contributed by atoms with Gasteiger partial charge in [-0.25, -0.2) is 0 Å². The second-order valence-corrected chi connectivity index (χ2v) is 4.71. The lowest BCUT2D eigenvalue weighted by Gasteiger charge is -2.26. The van der Waals surface area contributed by atoms with Crippen LogP contribution < -0.4 is 0 Å². The second-order valence-electron chi connectivity index (χ2n) is 4.71. The molecule has 0 N–H and O–H groups in total. The Labute approximate surface area is 93.4 Å². The molecule has 2 aliphatic heterocycles. The zero-order valence-electron chi connectivity index (χ0n) is 9.79. The van der Waals surface area contributed by atoms with Gasteiger partial charge in [0.15, 0.2) is 0 Å². The van der Waals surface area contributed by atoms with E-state index in [1.807, 2.05) is 0 Å². The van der Waals surface area contributed by atoms with Crippen LogP contribution in [0.3, 0.4) is 0 Å². The van der Waals surface area contributed by atoms with Crippen LogP contribution in [0.15, 0.2) is 0 Å². The fourth-order valence-electron chi connectivity index (χ4n) is 2.50. The number of rotatable bonds is 5. The van der Waals surface area contributed by atoms with Crippen LogP contribution in [0.1, 0.15) is 25.7 Å². The van der Waals surface area contributed by atoms with E-state index in [4.69, 9.17) is 4.74 Å². The van der Waals surface area contributed by atoms with Gasteiger partial charge < -0.3 is 9.64 Å². The lowest BCUT2D eigenvalue weighted by molar-refractivity contribution is 0.0369. The van der Waals surface area contributed by atoms with Crippen LogP contribution in [0.4, 0.5) is 0 Å². The molecule has 3 nitrogen and oxygen atoms in total. The summed E-state index contributed by atoms with van der Waals surface area (Å²) in [6.45, 7) is 9.45. The number of morpholine rings is 1. The molecule has 0 atom stereocenters. The third-order valence-electron chi connectivity index (χ3n) is 3.50. The van der Waals surface area contributed by atoms with Crippen molar-refractivity contribution in [3.63, 3.8) is 0 Å². The Morgan fingerprint density at radius 3 is 1.87 bits per heavy atom. The standard InChI is InChI=1S/C12H24N2O/c1-2-6-13(5-1)7-3-4-8-14-9-11-15-12-10-14/h1-12H2. The van der Waals surface area contributed by atoms with Crippen molar-refractivity contribution in [1.29, 1.82) is 0 Å². The zero-order chi connectivity index (χ0) is 10.3. The number of hydrogen-bond acceptors (Lipinski definition) is 3. The minimum atomic E-state index is 0.937. The molecule has 2 saturated heterocycles. The van der Waals surface area contributed by atoms with Gasteiger partial charge in [0.2, 0.25) is 0 Å². The average molecular weight is 212 g/mol. The lowest BCUT2D eigenvalue weighted by Crippen LogP contribution is -2.37. The average Bonchev–Trinajstić information content (AvgIpc) is 2.79. The predicted molar refractivity (Wildman–Crippen MR) is 62.2 cm³/mol. The van der Waals surface area contributed by atoms with E-state index in [2.05, 4.69) is 9.80 Å². The highest BCUT2D eigenvalue weighted by molar-refractivity contribution is 4.67. The maximum atomic E-state index is 5.34. The highest BCUT2D eigenvalue weighted by atomic mass is 16.5. The molecule has 0 bridgehead atoms. The molecule has 0 aromatic heterocycles. The van der Waals surface area contributed by atoms with Gasteiger partial charge in [-0.1, -0.05) is 0 Å². The van der Waals surface area contributed by atoms with Gasteiger partial charge in [-0.3, -0.25) is 4.90 Å². The van der Waals surface area contributed by atoms with E-state index in [1.54, 1.807) is 0 Å². The summed E-state index contributed by atoms with van der Waals surface area (Å²) in [4.78, 5) is 5.15. The first-order chi connectivity index (χ1) is 7.45. The third-order valence-corrected chi connectivity index (χ3v) is 3.50. The van der Waals surface area contributed by atoms with Crippen molar-refractivity contribution < 1.29 is 4.74 Å². The summed E-state index contributed by atoms with van der Waals surface area (Å²) in [5.41, 5.74) is 0. The molecule has 2 heterocycles. The van der Waals surface area contributed by atoms with Gasteiger partial charge in [-0.05, 0) is 51.9 Å². The van der Waals surface area contributed by atoms with E-state index in [9.17, 15) is 0 Å². The normalized spacial score (nSPS) is 24.8. The monoisotopic (exact) mass is 212 g/mol. The number of ether oxygens (including phenoxy) is 1. The molecule has 88 valence electrons. The molecule has 2 aliphatic rings. The van der Waals surface area contributed by atoms with E-state index in [-0.39, 0.29) is 0 Å². The van der Waals surface area contributed by atoms with Crippen LogP contribution in [0.25, 0.3) is 0 Å². The molecule has 0 spiro atoms. The highest BCUT2D eigenvalue weighted by Crippen LogP contribution is 2.08. The molecule has 0 unspecified atom stereocenters. The number of hydrogen-bond donors (Lipinski definition) is 0. The van der Waals surface area contributed by atoms with Crippen LogP contribution in [0.5, 0.6) is 0 Å². The molecule has 2 fully saturated rings. The van der Waals surface area contributed by atoms with E-state index >= 15 is 0 Å². The summed E-state index contributed by atoms with van der Waals surface area (Å²) in [5.74, 6) is 0. The van der Waals surface area contributed by atoms with E-state index in [0.717, 1.165) is 26.3 Å². The second kappa shape index (κ2) is 6.46. The smallest absolute Gasteiger partial charge is 0.0594 e. The van der Waals surface area contributed by atoms with Crippen molar-refractivity contribution in [2.75, 3.05) is 52.5 Å². The zero-order valence-corrected chi connectivity index (χ0v) is 9.79. The highest BCUT2D eigenvalue weighted by Gasteiger charge is 2.12. The molecule has 15 heavy (non-hydrogen) atoms. The SMILES string of the molecule is C1CCN(CCCCN2CCOCC2)C1. The van der Waals surface area contributed by atoms with Gasteiger partial charge in [0, 0.05) is 13.1 Å². The molecule has 0 aliphatic carbocycles. The van der Waals surface area contributed by atoms with E-state index < -0.39 is 0 Å². The Balaban J connectivity index is 1.47. The fourth-order valence-corrected chi connectivity index (χ4v) is 2.50. The van der Waals surface area contributed by atoms with Crippen molar-refractivity contribution in [1.82, 2.24) is 9.80 Å². The van der Waals surface area contributed by atoms with Crippen LogP contribution in [-0.2, 0) is 4.74 Å². The number of nitrogens with zero attached hydrogens (tertiary/aromatic N) is 2. The summed E-state index contributed by atoms with van der Waals surface area (Å²) in [6.07, 6.45) is 5.57. The Morgan fingerprint density at radius 1 is 0.733 bits per heavy atom. The summed E-state index contributed by atoms with van der Waals surface area (Å²) in [7, 11) is 0. The van der Waals surface area contributed by atoms with Crippen molar-refractivity contribution in [2.24, 2.45) is 0 Å². The molecule has 0 amide bonds. The Morgan fingerprint density at radius 2 is 1.27 bits per heavy atom. The number of unbranched alkanes of at least 4 members (excludes halogenated alkanes) is 1. The third kappa shape index (κ3) is 4.09. The van der Waals surface area contributed by atoms with Crippen molar-refractivity contribution in [2.45, 2.75) is 25.7 Å². The fraction of sp³-hybridized carbons (Fsp3) is 1.00. The quantitative estimate of drug-likeness (QED) is 0.637.